The van der Waals surface area contributed by atoms with E-state index in [0.717, 1.165) is 18.4 Å². The van der Waals surface area contributed by atoms with Crippen LogP contribution in [0.4, 0.5) is 19.1 Å². The average molecular weight is 443 g/mol. The molecule has 8 nitrogen and oxygen atoms in total. The van der Waals surface area contributed by atoms with Gasteiger partial charge >= 0.3 is 6.18 Å². The molecule has 12 heteroatoms. The summed E-state index contributed by atoms with van der Waals surface area (Å²) >= 11 is 0. The number of benzene rings is 1. The Hall–Kier alpha value is -2.73. The largest absolute Gasteiger partial charge is 0.416 e. The van der Waals surface area contributed by atoms with Gasteiger partial charge in [-0.1, -0.05) is 12.1 Å². The Balaban J connectivity index is 1.94. The van der Waals surface area contributed by atoms with Gasteiger partial charge in [0.15, 0.2) is 0 Å². The Morgan fingerprint density at radius 2 is 1.97 bits per heavy atom. The van der Waals surface area contributed by atoms with Crippen molar-refractivity contribution in [3.63, 3.8) is 0 Å². The minimum absolute atomic E-state index is 0.0331. The molecular weight excluding hydrogens is 423 g/mol. The lowest BCUT2D eigenvalue weighted by atomic mass is 9.98. The third kappa shape index (κ3) is 5.05. The highest BCUT2D eigenvalue weighted by molar-refractivity contribution is 7.88. The number of alkyl halides is 3. The fraction of sp³-hybridized carbons (Fsp3) is 0.389. The smallest absolute Gasteiger partial charge is 0.368 e. The molecule has 1 saturated heterocycles. The lowest BCUT2D eigenvalue weighted by molar-refractivity contribution is -0.137. The predicted octanol–water partition coefficient (Wildman–Crippen LogP) is 1.96. The van der Waals surface area contributed by atoms with Crippen LogP contribution in [0.1, 0.15) is 30.1 Å². The minimum Gasteiger partial charge on any atom is -0.368 e. The fourth-order valence-corrected chi connectivity index (χ4v) is 3.75. The number of nitrogens with zero attached hydrogens (tertiary/aromatic N) is 3. The second-order valence-electron chi connectivity index (χ2n) is 6.94. The lowest BCUT2D eigenvalue weighted by Crippen LogP contribution is -2.39. The molecular formula is C18H20F3N5O3S. The van der Waals surface area contributed by atoms with E-state index in [-0.39, 0.29) is 5.95 Å². The van der Waals surface area contributed by atoms with Gasteiger partial charge in [0, 0.05) is 18.3 Å². The molecule has 1 aliphatic rings. The maximum atomic E-state index is 12.9. The number of carbonyl (C=O) groups is 1. The molecule has 0 saturated carbocycles. The molecule has 0 radical (unpaired) electrons. The van der Waals surface area contributed by atoms with Crippen LogP contribution in [-0.2, 0) is 21.0 Å². The van der Waals surface area contributed by atoms with Crippen molar-refractivity contribution in [3.8, 4) is 11.1 Å². The molecule has 162 valence electrons. The standard InChI is InChI=1S/C18H20F3N5O3S/c1-30(28,29)24-10-15(27)26-8-2-3-14(26)16-13(9-23-17(22)25-16)11-4-6-12(7-5-11)18(19,20)21/h4-7,9,14,24H,2-3,8,10H2,1H3,(H2,22,23,25)/t14-/m0/s1. The molecule has 0 bridgehead atoms. The molecule has 2 aromatic rings. The fourth-order valence-electron chi connectivity index (χ4n) is 3.37. The number of sulfonamides is 1. The number of nitrogen functional groups attached to an aromatic ring is 1. The van der Waals surface area contributed by atoms with E-state index in [1.54, 1.807) is 0 Å². The summed E-state index contributed by atoms with van der Waals surface area (Å²) in [6.45, 7) is -0.00316. The molecule has 0 spiro atoms. The van der Waals surface area contributed by atoms with Crippen molar-refractivity contribution in [2.75, 3.05) is 25.1 Å². The van der Waals surface area contributed by atoms with Crippen LogP contribution < -0.4 is 10.5 Å². The zero-order chi connectivity index (χ0) is 22.1. The summed E-state index contributed by atoms with van der Waals surface area (Å²) in [5.41, 5.74) is 6.26. The average Bonchev–Trinajstić information content (AvgIpc) is 3.14. The summed E-state index contributed by atoms with van der Waals surface area (Å²) in [6, 6.07) is 4.05. The van der Waals surface area contributed by atoms with Crippen molar-refractivity contribution in [2.24, 2.45) is 0 Å². The maximum absolute atomic E-state index is 12.9. The van der Waals surface area contributed by atoms with E-state index >= 15 is 0 Å². The molecule has 3 N–H and O–H groups in total. The van der Waals surface area contributed by atoms with E-state index in [4.69, 9.17) is 5.73 Å². The highest BCUT2D eigenvalue weighted by Gasteiger charge is 2.34. The summed E-state index contributed by atoms with van der Waals surface area (Å²) < 4.78 is 63.3. The van der Waals surface area contributed by atoms with Crippen LogP contribution in [0.2, 0.25) is 0 Å². The van der Waals surface area contributed by atoms with Gasteiger partial charge in [-0.15, -0.1) is 0 Å². The zero-order valence-corrected chi connectivity index (χ0v) is 16.8. The molecule has 1 aromatic heterocycles. The van der Waals surface area contributed by atoms with Gasteiger partial charge in [0.2, 0.25) is 21.9 Å². The second kappa shape index (κ2) is 8.19. The first kappa shape index (κ1) is 22.0. The summed E-state index contributed by atoms with van der Waals surface area (Å²) in [7, 11) is -3.54. The highest BCUT2D eigenvalue weighted by atomic mass is 32.2. The number of hydrogen-bond donors (Lipinski definition) is 2. The Kier molecular flexibility index (Phi) is 5.99. The number of rotatable bonds is 5. The minimum atomic E-state index is -4.46. The summed E-state index contributed by atoms with van der Waals surface area (Å²) in [5, 5.41) is 0. The van der Waals surface area contributed by atoms with E-state index in [1.807, 2.05) is 0 Å². The van der Waals surface area contributed by atoms with Gasteiger partial charge in [-0.05, 0) is 30.5 Å². The molecule has 0 unspecified atom stereocenters. The van der Waals surface area contributed by atoms with Crippen LogP contribution in [0.15, 0.2) is 30.5 Å². The molecule has 1 aromatic carbocycles. The van der Waals surface area contributed by atoms with E-state index in [0.29, 0.717) is 36.2 Å². The molecule has 1 fully saturated rings. The van der Waals surface area contributed by atoms with Gasteiger partial charge in [0.05, 0.1) is 30.1 Å². The zero-order valence-electron chi connectivity index (χ0n) is 16.0. The van der Waals surface area contributed by atoms with E-state index < -0.39 is 40.3 Å². The molecule has 30 heavy (non-hydrogen) atoms. The van der Waals surface area contributed by atoms with Crippen molar-refractivity contribution in [1.82, 2.24) is 19.6 Å². The van der Waals surface area contributed by atoms with E-state index in [2.05, 4.69) is 14.7 Å². The number of halogens is 3. The quantitative estimate of drug-likeness (QED) is 0.729. The summed E-state index contributed by atoms with van der Waals surface area (Å²) in [5.74, 6) is -0.465. The van der Waals surface area contributed by atoms with Crippen LogP contribution in [-0.4, -0.2) is 48.5 Å². The predicted molar refractivity (Wildman–Crippen MR) is 103 cm³/mol. The van der Waals surface area contributed by atoms with Crippen molar-refractivity contribution in [2.45, 2.75) is 25.1 Å². The number of anilines is 1. The van der Waals surface area contributed by atoms with Crippen LogP contribution in [0, 0.1) is 0 Å². The van der Waals surface area contributed by atoms with Gasteiger partial charge in [-0.3, -0.25) is 4.79 Å². The molecule has 1 aliphatic heterocycles. The Morgan fingerprint density at radius 1 is 1.30 bits per heavy atom. The van der Waals surface area contributed by atoms with Gasteiger partial charge in [-0.2, -0.15) is 13.2 Å². The molecule has 2 heterocycles. The number of likely N-dealkylation sites (tertiary alicyclic amines) is 1. The first-order valence-electron chi connectivity index (χ1n) is 9.00. The summed E-state index contributed by atoms with van der Waals surface area (Å²) in [6.07, 6.45) is -0.883. The number of nitrogens with two attached hydrogens (primary N) is 1. The van der Waals surface area contributed by atoms with Gasteiger partial charge < -0.3 is 10.6 Å². The molecule has 1 amide bonds. The topological polar surface area (TPSA) is 118 Å². The monoisotopic (exact) mass is 443 g/mol. The second-order valence-corrected chi connectivity index (χ2v) is 8.77. The SMILES string of the molecule is CS(=O)(=O)NCC(=O)N1CCC[C@H]1c1nc(N)ncc1-c1ccc(C(F)(F)F)cc1. The van der Waals surface area contributed by atoms with Crippen LogP contribution in [0.25, 0.3) is 11.1 Å². The van der Waals surface area contributed by atoms with Crippen molar-refractivity contribution >= 4 is 21.9 Å². The first-order chi connectivity index (χ1) is 14.0. The Labute approximate surface area is 171 Å². The van der Waals surface area contributed by atoms with Gasteiger partial charge in [-0.25, -0.2) is 23.1 Å². The van der Waals surface area contributed by atoms with Crippen LogP contribution in [0.3, 0.4) is 0 Å². The Morgan fingerprint density at radius 3 is 2.57 bits per heavy atom. The van der Waals surface area contributed by atoms with Crippen molar-refractivity contribution in [3.05, 3.63) is 41.7 Å². The lowest BCUT2D eigenvalue weighted by Gasteiger charge is -2.26. The van der Waals surface area contributed by atoms with Crippen LogP contribution >= 0.6 is 0 Å². The van der Waals surface area contributed by atoms with Gasteiger partial charge in [0.25, 0.3) is 0 Å². The first-order valence-corrected chi connectivity index (χ1v) is 10.9. The number of carbonyl (C=O) groups excluding carboxylic acids is 1. The molecule has 0 aliphatic carbocycles. The number of amides is 1. The normalized spacial score (nSPS) is 17.3. The maximum Gasteiger partial charge on any atom is 0.416 e. The molecule has 1 atom stereocenters. The number of hydrogen-bond acceptors (Lipinski definition) is 6. The highest BCUT2D eigenvalue weighted by Crippen LogP contribution is 2.37. The van der Waals surface area contributed by atoms with Gasteiger partial charge in [0.1, 0.15) is 0 Å². The third-order valence-electron chi connectivity index (χ3n) is 4.73. The Bertz CT molecular complexity index is 1040. The van der Waals surface area contributed by atoms with Crippen molar-refractivity contribution in [1.29, 1.82) is 0 Å². The summed E-state index contributed by atoms with van der Waals surface area (Å²) in [4.78, 5) is 22.3. The third-order valence-corrected chi connectivity index (χ3v) is 5.40. The number of aromatic nitrogens is 2. The van der Waals surface area contributed by atoms with Crippen molar-refractivity contribution < 1.29 is 26.4 Å². The molecule has 3 rings (SSSR count). The van der Waals surface area contributed by atoms with Crippen LogP contribution in [0.5, 0.6) is 0 Å². The number of nitrogens with one attached hydrogen (secondary N) is 1. The van der Waals surface area contributed by atoms with E-state index in [9.17, 15) is 26.4 Å². The van der Waals surface area contributed by atoms with E-state index in [1.165, 1.54) is 23.2 Å².